The third-order valence-corrected chi connectivity index (χ3v) is 6.01. The van der Waals surface area contributed by atoms with Gasteiger partial charge in [-0.15, -0.1) is 0 Å². The Morgan fingerprint density at radius 3 is 2.82 bits per heavy atom. The lowest BCUT2D eigenvalue weighted by molar-refractivity contribution is -0.139. The number of methoxy groups -OCH3 is 1. The maximum absolute atomic E-state index is 12.7. The van der Waals surface area contributed by atoms with E-state index in [2.05, 4.69) is 10.6 Å². The van der Waals surface area contributed by atoms with Crippen LogP contribution >= 0.6 is 11.8 Å². The number of rotatable bonds is 7. The molecule has 0 bridgehead atoms. The molecule has 0 aliphatic carbocycles. The molecule has 10 heteroatoms. The van der Waals surface area contributed by atoms with Crippen molar-refractivity contribution in [3.05, 3.63) is 59.3 Å². The lowest BCUT2D eigenvalue weighted by atomic mass is 9.96. The number of anilines is 1. The van der Waals surface area contributed by atoms with E-state index in [4.69, 9.17) is 23.9 Å². The van der Waals surface area contributed by atoms with Crippen molar-refractivity contribution in [1.82, 2.24) is 5.32 Å². The van der Waals surface area contributed by atoms with Crippen LogP contribution in [-0.2, 0) is 14.3 Å². The van der Waals surface area contributed by atoms with Gasteiger partial charge in [-0.3, -0.25) is 4.79 Å². The lowest BCUT2D eigenvalue weighted by Crippen LogP contribution is -2.31. The Bertz CT molecular complexity index is 1160. The van der Waals surface area contributed by atoms with E-state index in [0.717, 1.165) is 5.56 Å². The van der Waals surface area contributed by atoms with Crippen LogP contribution in [0.5, 0.6) is 17.2 Å². The molecular formula is C24H25N3O6S. The van der Waals surface area contributed by atoms with Gasteiger partial charge in [0.25, 0.3) is 0 Å². The molecule has 9 nitrogen and oxygen atoms in total. The van der Waals surface area contributed by atoms with Gasteiger partial charge >= 0.3 is 5.97 Å². The predicted octanol–water partition coefficient (Wildman–Crippen LogP) is 3.63. The van der Waals surface area contributed by atoms with Crippen LogP contribution in [0.2, 0.25) is 0 Å². The molecule has 1 atom stereocenters. The Kier molecular flexibility index (Phi) is 7.27. The van der Waals surface area contributed by atoms with Crippen LogP contribution in [0.15, 0.2) is 58.7 Å². The molecule has 0 saturated heterocycles. The first-order valence-electron chi connectivity index (χ1n) is 10.7. The summed E-state index contributed by atoms with van der Waals surface area (Å²) in [5, 5.41) is 6.50. The van der Waals surface area contributed by atoms with Crippen molar-refractivity contribution in [3.8, 4) is 17.2 Å². The van der Waals surface area contributed by atoms with Crippen molar-refractivity contribution in [2.24, 2.45) is 4.99 Å². The predicted molar refractivity (Wildman–Crippen MR) is 129 cm³/mol. The minimum Gasteiger partial charge on any atom is -0.497 e. The van der Waals surface area contributed by atoms with Gasteiger partial charge in [0.2, 0.25) is 12.7 Å². The van der Waals surface area contributed by atoms with E-state index in [1.165, 1.54) is 11.8 Å². The molecule has 2 aromatic rings. The summed E-state index contributed by atoms with van der Waals surface area (Å²) in [7, 11) is 1.57. The molecule has 2 aliphatic rings. The maximum Gasteiger partial charge on any atom is 0.338 e. The molecule has 0 saturated carbocycles. The van der Waals surface area contributed by atoms with Crippen molar-refractivity contribution < 1.29 is 28.5 Å². The second-order valence-electron chi connectivity index (χ2n) is 7.40. The zero-order valence-corrected chi connectivity index (χ0v) is 19.9. The first-order chi connectivity index (χ1) is 16.5. The van der Waals surface area contributed by atoms with Crippen LogP contribution in [0, 0.1) is 0 Å². The van der Waals surface area contributed by atoms with E-state index in [9.17, 15) is 9.59 Å². The largest absolute Gasteiger partial charge is 0.497 e. The minimum absolute atomic E-state index is 0.124. The summed E-state index contributed by atoms with van der Waals surface area (Å²) in [4.78, 5) is 30.0. The summed E-state index contributed by atoms with van der Waals surface area (Å²) >= 11 is 1.24. The van der Waals surface area contributed by atoms with Gasteiger partial charge in [-0.25, -0.2) is 9.79 Å². The molecular weight excluding hydrogens is 458 g/mol. The number of amides is 1. The van der Waals surface area contributed by atoms with Crippen LogP contribution in [0.4, 0.5) is 5.69 Å². The van der Waals surface area contributed by atoms with Gasteiger partial charge in [-0.05, 0) is 43.7 Å². The highest BCUT2D eigenvalue weighted by Gasteiger charge is 2.31. The summed E-state index contributed by atoms with van der Waals surface area (Å²) < 4.78 is 21.3. The standard InChI is InChI=1S/C24H25N3O6S/c1-4-31-23(29)21-14(2)25-24(27-22(21)15-8-9-18-19(10-15)33-13-32-18)34-12-20(28)26-16-6-5-7-17(11-16)30-3/h5-11,22H,4,12-13H2,1-3H3,(H,25,27)(H,26,28)/t22-/m1/s1. The molecule has 4 rings (SSSR count). The second-order valence-corrected chi connectivity index (χ2v) is 8.37. The molecule has 0 radical (unpaired) electrons. The van der Waals surface area contributed by atoms with Gasteiger partial charge in [0, 0.05) is 17.5 Å². The number of thioether (sulfide) groups is 1. The van der Waals surface area contributed by atoms with E-state index in [1.54, 1.807) is 51.3 Å². The number of esters is 1. The zero-order chi connectivity index (χ0) is 24.1. The Morgan fingerprint density at radius 2 is 2.03 bits per heavy atom. The third kappa shape index (κ3) is 5.28. The van der Waals surface area contributed by atoms with E-state index in [-0.39, 0.29) is 25.1 Å². The fraction of sp³-hybridized carbons (Fsp3) is 0.292. The van der Waals surface area contributed by atoms with Crippen LogP contribution in [0.1, 0.15) is 25.5 Å². The smallest absolute Gasteiger partial charge is 0.338 e. The number of hydrogen-bond acceptors (Lipinski definition) is 9. The van der Waals surface area contributed by atoms with Crippen molar-refractivity contribution in [3.63, 3.8) is 0 Å². The molecule has 0 unspecified atom stereocenters. The van der Waals surface area contributed by atoms with E-state index in [1.807, 2.05) is 12.1 Å². The summed E-state index contributed by atoms with van der Waals surface area (Å²) in [6.07, 6.45) is 0. The van der Waals surface area contributed by atoms with E-state index >= 15 is 0 Å². The highest BCUT2D eigenvalue weighted by molar-refractivity contribution is 8.14. The quantitative estimate of drug-likeness (QED) is 0.575. The first kappa shape index (κ1) is 23.5. The Hall–Kier alpha value is -3.66. The Labute approximate surface area is 201 Å². The zero-order valence-electron chi connectivity index (χ0n) is 19.0. The molecule has 2 heterocycles. The molecule has 2 N–H and O–H groups in total. The highest BCUT2D eigenvalue weighted by atomic mass is 32.2. The Balaban J connectivity index is 1.52. The molecule has 1 amide bonds. The molecule has 0 aromatic heterocycles. The number of ether oxygens (including phenoxy) is 4. The number of hydrogen-bond donors (Lipinski definition) is 2. The van der Waals surface area contributed by atoms with Crippen LogP contribution < -0.4 is 24.8 Å². The molecule has 34 heavy (non-hydrogen) atoms. The molecule has 2 aliphatic heterocycles. The highest BCUT2D eigenvalue weighted by Crippen LogP contribution is 2.39. The molecule has 0 fully saturated rings. The van der Waals surface area contributed by atoms with Crippen LogP contribution in [0.3, 0.4) is 0 Å². The van der Waals surface area contributed by atoms with Gasteiger partial charge in [0.1, 0.15) is 11.8 Å². The number of fused-ring (bicyclic) bond motifs is 1. The third-order valence-electron chi connectivity index (χ3n) is 5.12. The summed E-state index contributed by atoms with van der Waals surface area (Å²) in [5.41, 5.74) is 2.42. The van der Waals surface area contributed by atoms with E-state index in [0.29, 0.717) is 39.4 Å². The summed E-state index contributed by atoms with van der Waals surface area (Å²) in [6.45, 7) is 3.94. The van der Waals surface area contributed by atoms with Gasteiger partial charge < -0.3 is 29.6 Å². The van der Waals surface area contributed by atoms with Gasteiger partial charge in [0.15, 0.2) is 16.7 Å². The second kappa shape index (κ2) is 10.5. The number of carbonyl (C=O) groups is 2. The van der Waals surface area contributed by atoms with Crippen molar-refractivity contribution in [1.29, 1.82) is 0 Å². The lowest BCUT2D eigenvalue weighted by Gasteiger charge is -2.25. The number of aliphatic imine (C=N–C) groups is 1. The van der Waals surface area contributed by atoms with Crippen LogP contribution in [0.25, 0.3) is 0 Å². The summed E-state index contributed by atoms with van der Waals surface area (Å²) in [6, 6.07) is 12.0. The summed E-state index contributed by atoms with van der Waals surface area (Å²) in [5.74, 6) is 1.38. The molecule has 0 spiro atoms. The minimum atomic E-state index is -0.612. The van der Waals surface area contributed by atoms with Gasteiger partial charge in [0.05, 0.1) is 25.0 Å². The first-order valence-corrected chi connectivity index (χ1v) is 11.7. The van der Waals surface area contributed by atoms with Crippen LogP contribution in [-0.4, -0.2) is 43.3 Å². The average Bonchev–Trinajstić information content (AvgIpc) is 3.30. The topological polar surface area (TPSA) is 107 Å². The number of allylic oxidation sites excluding steroid dienone is 1. The monoisotopic (exact) mass is 483 g/mol. The fourth-order valence-corrected chi connectivity index (χ4v) is 4.30. The molecule has 2 aromatic carbocycles. The maximum atomic E-state index is 12.7. The van der Waals surface area contributed by atoms with E-state index < -0.39 is 12.0 Å². The van der Waals surface area contributed by atoms with Gasteiger partial charge in [-0.1, -0.05) is 23.9 Å². The number of carbonyl (C=O) groups excluding carboxylic acids is 2. The SMILES string of the molecule is CCOC(=O)C1=C(C)NC(SCC(=O)Nc2cccc(OC)c2)=N[C@@H]1c1ccc2c(c1)OCO2. The average molecular weight is 484 g/mol. The normalized spacial score (nSPS) is 16.4. The number of nitrogens with one attached hydrogen (secondary N) is 2. The van der Waals surface area contributed by atoms with Gasteiger partial charge in [-0.2, -0.15) is 0 Å². The number of nitrogens with zero attached hydrogens (tertiary/aromatic N) is 1. The number of benzene rings is 2. The fourth-order valence-electron chi connectivity index (χ4n) is 3.55. The van der Waals surface area contributed by atoms with Crippen molar-refractivity contribution in [2.75, 3.05) is 31.6 Å². The Morgan fingerprint density at radius 1 is 1.21 bits per heavy atom. The molecule has 178 valence electrons. The van der Waals surface area contributed by atoms with Crippen molar-refractivity contribution >= 4 is 34.5 Å². The number of amidine groups is 1. The van der Waals surface area contributed by atoms with Crippen molar-refractivity contribution in [2.45, 2.75) is 19.9 Å².